The topological polar surface area (TPSA) is 60.9 Å². The Hall–Kier alpha value is -7.96. The maximum atomic E-state index is 5.19. The van der Waals surface area contributed by atoms with E-state index in [1.54, 1.807) is 0 Å². The molecular weight excluding hydrogens is 709 g/mol. The van der Waals surface area contributed by atoms with Crippen molar-refractivity contribution in [3.05, 3.63) is 194 Å². The number of hydrogen-bond acceptors (Lipinski definition) is 4. The molecule has 0 bridgehead atoms. The van der Waals surface area contributed by atoms with Gasteiger partial charge >= 0.3 is 0 Å². The lowest BCUT2D eigenvalue weighted by atomic mass is 10.0. The summed E-state index contributed by atoms with van der Waals surface area (Å²) in [6.45, 7) is 0. The molecule has 0 aliphatic heterocycles. The van der Waals surface area contributed by atoms with Crippen LogP contribution in [0.15, 0.2) is 194 Å². The molecule has 0 saturated carbocycles. The first kappa shape index (κ1) is 32.3. The second-order valence-corrected chi connectivity index (χ2v) is 14.7. The van der Waals surface area contributed by atoms with Crippen LogP contribution in [0.1, 0.15) is 0 Å². The molecule has 58 heavy (non-hydrogen) atoms. The average molecular weight is 741 g/mol. The lowest BCUT2D eigenvalue weighted by Crippen LogP contribution is -2.00. The summed E-state index contributed by atoms with van der Waals surface area (Å²) in [4.78, 5) is 19.9. The molecule has 0 spiro atoms. The van der Waals surface area contributed by atoms with Gasteiger partial charge in [-0.05, 0) is 52.9 Å². The molecule has 0 aliphatic rings. The van der Waals surface area contributed by atoms with Crippen LogP contribution in [0.2, 0.25) is 0 Å². The van der Waals surface area contributed by atoms with Crippen LogP contribution in [0.5, 0.6) is 0 Å². The van der Waals surface area contributed by atoms with Gasteiger partial charge in [-0.2, -0.15) is 0 Å². The SMILES string of the molecule is c1ccc(-c2nc(-c3ccccc3)nc(-c3ccc(-c4ccc(-n5c6ccccc6c6c5ccc5c7ccccc7c7nc8ccccc8n7c56)cc4)cc3)n2)cc1. The van der Waals surface area contributed by atoms with Crippen LogP contribution in [0.25, 0.3) is 111 Å². The Morgan fingerprint density at radius 1 is 0.310 bits per heavy atom. The summed E-state index contributed by atoms with van der Waals surface area (Å²) in [5, 5.41) is 6.00. The largest absolute Gasteiger partial charge is 0.309 e. The van der Waals surface area contributed by atoms with Gasteiger partial charge in [0.05, 0.1) is 27.6 Å². The van der Waals surface area contributed by atoms with E-state index in [1.807, 2.05) is 60.7 Å². The van der Waals surface area contributed by atoms with E-state index in [9.17, 15) is 0 Å². The predicted molar refractivity (Wildman–Crippen MR) is 237 cm³/mol. The van der Waals surface area contributed by atoms with Crippen molar-refractivity contribution in [2.24, 2.45) is 0 Å². The third-order valence-electron chi connectivity index (χ3n) is 11.4. The third kappa shape index (κ3) is 4.98. The van der Waals surface area contributed by atoms with E-state index < -0.39 is 0 Å². The van der Waals surface area contributed by atoms with Crippen LogP contribution in [-0.2, 0) is 0 Å². The van der Waals surface area contributed by atoms with Crippen LogP contribution in [0, 0.1) is 0 Å². The minimum atomic E-state index is 0.641. The zero-order valence-electron chi connectivity index (χ0n) is 31.2. The van der Waals surface area contributed by atoms with E-state index >= 15 is 0 Å². The highest BCUT2D eigenvalue weighted by Crippen LogP contribution is 2.41. The fraction of sp³-hybridized carbons (Fsp3) is 0. The number of hydrogen-bond donors (Lipinski definition) is 0. The van der Waals surface area contributed by atoms with Crippen molar-refractivity contribution in [2.45, 2.75) is 0 Å². The summed E-state index contributed by atoms with van der Waals surface area (Å²) in [7, 11) is 0. The van der Waals surface area contributed by atoms with E-state index in [4.69, 9.17) is 19.9 Å². The molecule has 0 atom stereocenters. The minimum absolute atomic E-state index is 0.641. The zero-order chi connectivity index (χ0) is 38.2. The molecule has 6 nitrogen and oxygen atoms in total. The Balaban J connectivity index is 0.972. The van der Waals surface area contributed by atoms with Crippen molar-refractivity contribution < 1.29 is 0 Å². The van der Waals surface area contributed by atoms with Crippen LogP contribution >= 0.6 is 0 Å². The Kier molecular flexibility index (Phi) is 7.13. The summed E-state index contributed by atoms with van der Waals surface area (Å²) >= 11 is 0. The van der Waals surface area contributed by atoms with E-state index in [0.29, 0.717) is 17.5 Å². The van der Waals surface area contributed by atoms with Crippen molar-refractivity contribution in [3.63, 3.8) is 0 Å². The molecular formula is C52H32N6. The Morgan fingerprint density at radius 2 is 0.810 bits per heavy atom. The number of aromatic nitrogens is 6. The quantitative estimate of drug-likeness (QED) is 0.165. The van der Waals surface area contributed by atoms with Gasteiger partial charge in [-0.3, -0.25) is 4.40 Å². The molecule has 4 aromatic heterocycles. The molecule has 0 radical (unpaired) electrons. The summed E-state index contributed by atoms with van der Waals surface area (Å²) in [5.41, 5.74) is 12.8. The molecule has 0 saturated heterocycles. The summed E-state index contributed by atoms with van der Waals surface area (Å²) in [6, 6.07) is 68.0. The first-order valence-electron chi connectivity index (χ1n) is 19.5. The monoisotopic (exact) mass is 740 g/mol. The summed E-state index contributed by atoms with van der Waals surface area (Å²) < 4.78 is 4.77. The van der Waals surface area contributed by atoms with Gasteiger partial charge in [-0.1, -0.05) is 158 Å². The maximum Gasteiger partial charge on any atom is 0.164 e. The smallest absolute Gasteiger partial charge is 0.164 e. The third-order valence-corrected chi connectivity index (χ3v) is 11.4. The second-order valence-electron chi connectivity index (χ2n) is 14.7. The molecule has 6 heteroatoms. The van der Waals surface area contributed by atoms with Crippen molar-refractivity contribution >= 4 is 60.2 Å². The van der Waals surface area contributed by atoms with Gasteiger partial charge in [0, 0.05) is 43.9 Å². The molecule has 0 N–H and O–H groups in total. The molecule has 0 unspecified atom stereocenters. The molecule has 0 amide bonds. The number of pyridine rings is 1. The highest BCUT2D eigenvalue weighted by Gasteiger charge is 2.21. The van der Waals surface area contributed by atoms with Gasteiger partial charge in [-0.25, -0.2) is 19.9 Å². The van der Waals surface area contributed by atoms with E-state index in [2.05, 4.69) is 142 Å². The van der Waals surface area contributed by atoms with Crippen LogP contribution < -0.4 is 0 Å². The van der Waals surface area contributed by atoms with E-state index in [1.165, 1.54) is 27.1 Å². The highest BCUT2D eigenvalue weighted by molar-refractivity contribution is 6.26. The fourth-order valence-electron chi connectivity index (χ4n) is 8.67. The lowest BCUT2D eigenvalue weighted by molar-refractivity contribution is 1.07. The second kappa shape index (κ2) is 12.8. The highest BCUT2D eigenvalue weighted by atomic mass is 15.0. The summed E-state index contributed by atoms with van der Waals surface area (Å²) in [5.74, 6) is 1.94. The van der Waals surface area contributed by atoms with Crippen molar-refractivity contribution in [1.29, 1.82) is 0 Å². The normalized spacial score (nSPS) is 11.8. The molecule has 12 aromatic rings. The van der Waals surface area contributed by atoms with Crippen molar-refractivity contribution in [2.75, 3.05) is 0 Å². The van der Waals surface area contributed by atoms with E-state index in [0.717, 1.165) is 66.6 Å². The van der Waals surface area contributed by atoms with Gasteiger partial charge < -0.3 is 4.57 Å². The van der Waals surface area contributed by atoms with Crippen molar-refractivity contribution in [3.8, 4) is 51.0 Å². The molecule has 4 heterocycles. The van der Waals surface area contributed by atoms with E-state index in [-0.39, 0.29) is 0 Å². The van der Waals surface area contributed by atoms with Gasteiger partial charge in [0.15, 0.2) is 17.5 Å². The van der Waals surface area contributed by atoms with Gasteiger partial charge in [-0.15, -0.1) is 0 Å². The summed E-state index contributed by atoms with van der Waals surface area (Å²) in [6.07, 6.45) is 0. The first-order chi connectivity index (χ1) is 28.8. The number of imidazole rings is 1. The lowest BCUT2D eigenvalue weighted by Gasteiger charge is -2.12. The fourth-order valence-corrected chi connectivity index (χ4v) is 8.67. The van der Waals surface area contributed by atoms with Crippen molar-refractivity contribution in [1.82, 2.24) is 28.9 Å². The maximum absolute atomic E-state index is 5.19. The molecule has 8 aromatic carbocycles. The van der Waals surface area contributed by atoms with Crippen LogP contribution in [0.4, 0.5) is 0 Å². The number of benzene rings is 8. The van der Waals surface area contributed by atoms with Gasteiger partial charge in [0.25, 0.3) is 0 Å². The molecule has 0 aliphatic carbocycles. The number of fused-ring (bicyclic) bond motifs is 12. The Morgan fingerprint density at radius 3 is 1.47 bits per heavy atom. The Labute approximate surface area is 333 Å². The predicted octanol–water partition coefficient (Wildman–Crippen LogP) is 12.7. The molecule has 270 valence electrons. The standard InChI is InChI=1S/C52H32N6/c1-3-13-35(14-4-1)49-54-50(36-15-5-2-6-16-36)56-51(55-49)37-25-23-33(24-26-37)34-27-29-38(30-28-34)57-44-21-11-9-19-42(44)47-46(57)32-31-40-39-17-7-8-18-41(39)52-53-43-20-10-12-22-45(43)58(52)48(40)47/h1-32H. The molecule has 12 rings (SSSR count). The van der Waals surface area contributed by atoms with Gasteiger partial charge in [0.1, 0.15) is 5.65 Å². The van der Waals surface area contributed by atoms with Crippen LogP contribution in [0.3, 0.4) is 0 Å². The zero-order valence-corrected chi connectivity index (χ0v) is 31.2. The molecule has 0 fully saturated rings. The number of nitrogens with zero attached hydrogens (tertiary/aromatic N) is 6. The minimum Gasteiger partial charge on any atom is -0.309 e. The van der Waals surface area contributed by atoms with Gasteiger partial charge in [0.2, 0.25) is 0 Å². The average Bonchev–Trinajstić information content (AvgIpc) is 3.86. The number of para-hydroxylation sites is 3. The van der Waals surface area contributed by atoms with Crippen LogP contribution in [-0.4, -0.2) is 28.9 Å². The first-order valence-corrected chi connectivity index (χ1v) is 19.5. The Bertz CT molecular complexity index is 3470. The number of rotatable bonds is 5.